The van der Waals surface area contributed by atoms with Crippen molar-refractivity contribution in [2.24, 2.45) is 0 Å². The first kappa shape index (κ1) is 14.2. The third-order valence-corrected chi connectivity index (χ3v) is 3.22. The maximum absolute atomic E-state index is 5.25. The molecule has 17 heavy (non-hydrogen) atoms. The Balaban J connectivity index is 2.74. The van der Waals surface area contributed by atoms with Crippen LogP contribution in [0.1, 0.15) is 50.2 Å². The Bertz CT molecular complexity index is 329. The second-order valence-electron chi connectivity index (χ2n) is 4.86. The monoisotopic (exact) mass is 236 g/mol. The predicted molar refractivity (Wildman–Crippen MR) is 71.4 cm³/mol. The summed E-state index contributed by atoms with van der Waals surface area (Å²) >= 11 is 0. The average Bonchev–Trinajstić information content (AvgIpc) is 2.35. The summed E-state index contributed by atoms with van der Waals surface area (Å²) in [4.78, 5) is 0. The lowest BCUT2D eigenvalue weighted by Gasteiger charge is -2.19. The topological polar surface area (TPSA) is 18.5 Å². The summed E-state index contributed by atoms with van der Waals surface area (Å²) in [6, 6.07) is 8.79. The Kier molecular flexibility index (Phi) is 5.66. The highest BCUT2D eigenvalue weighted by atomic mass is 16.7. The van der Waals surface area contributed by atoms with Crippen LogP contribution in [0.3, 0.4) is 0 Å². The molecule has 1 atom stereocenters. The van der Waals surface area contributed by atoms with Crippen LogP contribution < -0.4 is 0 Å². The molecular weight excluding hydrogens is 212 g/mol. The van der Waals surface area contributed by atoms with Crippen molar-refractivity contribution in [1.82, 2.24) is 0 Å². The van der Waals surface area contributed by atoms with Crippen molar-refractivity contribution in [2.75, 3.05) is 14.2 Å². The molecule has 0 aromatic heterocycles. The van der Waals surface area contributed by atoms with Gasteiger partial charge in [0.05, 0.1) is 0 Å². The molecule has 0 saturated heterocycles. The molecule has 0 aliphatic heterocycles. The summed E-state index contributed by atoms with van der Waals surface area (Å²) in [5.41, 5.74) is 2.75. The number of hydrogen-bond donors (Lipinski definition) is 0. The fraction of sp³-hybridized carbons (Fsp3) is 0.600. The molecule has 96 valence electrons. The van der Waals surface area contributed by atoms with Crippen molar-refractivity contribution in [3.63, 3.8) is 0 Å². The fourth-order valence-electron chi connectivity index (χ4n) is 1.94. The molecule has 0 heterocycles. The zero-order valence-corrected chi connectivity index (χ0v) is 11.6. The summed E-state index contributed by atoms with van der Waals surface area (Å²) in [6.07, 6.45) is 0.766. The van der Waals surface area contributed by atoms with Crippen LogP contribution in [0.15, 0.2) is 24.3 Å². The third kappa shape index (κ3) is 4.14. The van der Waals surface area contributed by atoms with E-state index in [2.05, 4.69) is 45.0 Å². The van der Waals surface area contributed by atoms with E-state index in [0.717, 1.165) is 6.42 Å². The Hall–Kier alpha value is -0.860. The van der Waals surface area contributed by atoms with Gasteiger partial charge in [-0.1, -0.05) is 45.0 Å². The van der Waals surface area contributed by atoms with E-state index in [4.69, 9.17) is 9.47 Å². The van der Waals surface area contributed by atoms with Crippen LogP contribution >= 0.6 is 0 Å². The van der Waals surface area contributed by atoms with Gasteiger partial charge in [0.2, 0.25) is 0 Å². The third-order valence-electron chi connectivity index (χ3n) is 3.22. The van der Waals surface area contributed by atoms with Crippen LogP contribution in [-0.2, 0) is 9.47 Å². The molecule has 0 N–H and O–H groups in total. The van der Waals surface area contributed by atoms with Gasteiger partial charge >= 0.3 is 0 Å². The van der Waals surface area contributed by atoms with Crippen LogP contribution in [-0.4, -0.2) is 20.5 Å². The van der Waals surface area contributed by atoms with Gasteiger partial charge in [0, 0.05) is 20.6 Å². The lowest BCUT2D eigenvalue weighted by Crippen LogP contribution is -2.16. The van der Waals surface area contributed by atoms with Gasteiger partial charge < -0.3 is 9.47 Å². The van der Waals surface area contributed by atoms with Crippen molar-refractivity contribution < 1.29 is 9.47 Å². The summed E-state index contributed by atoms with van der Waals surface area (Å²) in [5.74, 6) is 1.02. The van der Waals surface area contributed by atoms with Gasteiger partial charge in [-0.2, -0.15) is 0 Å². The number of ether oxygens (including phenoxy) is 2. The Labute approximate surface area is 105 Å². The van der Waals surface area contributed by atoms with Crippen molar-refractivity contribution in [2.45, 2.75) is 45.3 Å². The summed E-state index contributed by atoms with van der Waals surface area (Å²) in [6.45, 7) is 6.65. The normalized spacial score (nSPS) is 13.4. The van der Waals surface area contributed by atoms with Crippen LogP contribution in [0.2, 0.25) is 0 Å². The summed E-state index contributed by atoms with van der Waals surface area (Å²) in [5, 5.41) is 0. The molecule has 1 aromatic carbocycles. The van der Waals surface area contributed by atoms with E-state index in [1.165, 1.54) is 11.1 Å². The van der Waals surface area contributed by atoms with Crippen LogP contribution in [0.4, 0.5) is 0 Å². The molecule has 2 heteroatoms. The molecule has 0 spiro atoms. The molecule has 2 nitrogen and oxygen atoms in total. The molecule has 0 radical (unpaired) electrons. The SMILES string of the molecule is COC(CC(C)c1cccc(C(C)C)c1)OC. The quantitative estimate of drug-likeness (QED) is 0.697. The van der Waals surface area contributed by atoms with Gasteiger partial charge in [0.1, 0.15) is 0 Å². The lowest BCUT2D eigenvalue weighted by atomic mass is 9.93. The maximum atomic E-state index is 5.25. The standard InChI is InChI=1S/C15H24O2/c1-11(2)13-7-6-8-14(10-13)12(3)9-15(16-4)17-5/h6-8,10-12,15H,9H2,1-5H3. The van der Waals surface area contributed by atoms with Gasteiger partial charge in [-0.25, -0.2) is 0 Å². The minimum Gasteiger partial charge on any atom is -0.356 e. The number of methoxy groups -OCH3 is 2. The van der Waals surface area contributed by atoms with Crippen molar-refractivity contribution in [3.05, 3.63) is 35.4 Å². The molecule has 1 unspecified atom stereocenters. The molecule has 0 aliphatic carbocycles. The first-order valence-corrected chi connectivity index (χ1v) is 6.24. The van der Waals surface area contributed by atoms with E-state index in [9.17, 15) is 0 Å². The van der Waals surface area contributed by atoms with Crippen molar-refractivity contribution >= 4 is 0 Å². The van der Waals surface area contributed by atoms with Crippen LogP contribution in [0.25, 0.3) is 0 Å². The van der Waals surface area contributed by atoms with E-state index >= 15 is 0 Å². The Morgan fingerprint density at radius 2 is 1.59 bits per heavy atom. The molecule has 0 amide bonds. The highest BCUT2D eigenvalue weighted by Crippen LogP contribution is 2.25. The molecule has 1 aromatic rings. The molecule has 1 rings (SSSR count). The van der Waals surface area contributed by atoms with Crippen molar-refractivity contribution in [3.8, 4) is 0 Å². The number of rotatable bonds is 6. The minimum atomic E-state index is -0.118. The van der Waals surface area contributed by atoms with E-state index in [-0.39, 0.29) is 6.29 Å². The van der Waals surface area contributed by atoms with Gasteiger partial charge in [0.15, 0.2) is 6.29 Å². The van der Waals surface area contributed by atoms with Crippen LogP contribution in [0, 0.1) is 0 Å². The Morgan fingerprint density at radius 1 is 1.00 bits per heavy atom. The van der Waals surface area contributed by atoms with E-state index < -0.39 is 0 Å². The average molecular weight is 236 g/mol. The van der Waals surface area contributed by atoms with Gasteiger partial charge in [-0.3, -0.25) is 0 Å². The highest BCUT2D eigenvalue weighted by Gasteiger charge is 2.14. The zero-order valence-electron chi connectivity index (χ0n) is 11.6. The predicted octanol–water partition coefficient (Wildman–Crippen LogP) is 3.92. The lowest BCUT2D eigenvalue weighted by molar-refractivity contribution is -0.108. The fourth-order valence-corrected chi connectivity index (χ4v) is 1.94. The van der Waals surface area contributed by atoms with Gasteiger partial charge in [-0.05, 0) is 23.0 Å². The van der Waals surface area contributed by atoms with E-state index in [1.807, 2.05) is 0 Å². The number of hydrogen-bond acceptors (Lipinski definition) is 2. The smallest absolute Gasteiger partial charge is 0.157 e. The molecule has 0 aliphatic rings. The largest absolute Gasteiger partial charge is 0.356 e. The molecule has 0 saturated carbocycles. The van der Waals surface area contributed by atoms with Gasteiger partial charge in [0.25, 0.3) is 0 Å². The molecule has 0 fully saturated rings. The van der Waals surface area contributed by atoms with Crippen LogP contribution in [0.5, 0.6) is 0 Å². The summed E-state index contributed by atoms with van der Waals surface area (Å²) < 4.78 is 10.5. The minimum absolute atomic E-state index is 0.118. The zero-order chi connectivity index (χ0) is 12.8. The number of benzene rings is 1. The molecule has 0 bridgehead atoms. The highest BCUT2D eigenvalue weighted by molar-refractivity contribution is 5.28. The second kappa shape index (κ2) is 6.77. The first-order chi connectivity index (χ1) is 8.08. The van der Waals surface area contributed by atoms with Gasteiger partial charge in [-0.15, -0.1) is 0 Å². The second-order valence-corrected chi connectivity index (χ2v) is 4.86. The molecular formula is C15H24O2. The maximum Gasteiger partial charge on any atom is 0.157 e. The van der Waals surface area contributed by atoms with Crippen molar-refractivity contribution in [1.29, 1.82) is 0 Å². The summed E-state index contributed by atoms with van der Waals surface area (Å²) in [7, 11) is 3.37. The first-order valence-electron chi connectivity index (χ1n) is 6.24. The Morgan fingerprint density at radius 3 is 2.12 bits per heavy atom. The van der Waals surface area contributed by atoms with E-state index in [0.29, 0.717) is 11.8 Å². The van der Waals surface area contributed by atoms with E-state index in [1.54, 1.807) is 14.2 Å².